The van der Waals surface area contributed by atoms with E-state index in [4.69, 9.17) is 0 Å². The fourth-order valence-corrected chi connectivity index (χ4v) is 1.80. The molecule has 1 heterocycles. The molecule has 11 heteroatoms. The van der Waals surface area contributed by atoms with Gasteiger partial charge in [-0.3, -0.25) is 24.9 Å². The van der Waals surface area contributed by atoms with Crippen LogP contribution in [0.15, 0.2) is 4.63 Å². The summed E-state index contributed by atoms with van der Waals surface area (Å²) in [6.45, 7) is 0. The van der Waals surface area contributed by atoms with Gasteiger partial charge in [0.25, 0.3) is 17.8 Å². The minimum atomic E-state index is -1.76. The van der Waals surface area contributed by atoms with Gasteiger partial charge in [0, 0.05) is 15.0 Å². The van der Waals surface area contributed by atoms with Gasteiger partial charge in [-0.15, -0.1) is 0 Å². The van der Waals surface area contributed by atoms with E-state index in [1.807, 2.05) is 0 Å². The van der Waals surface area contributed by atoms with Crippen molar-refractivity contribution in [1.29, 1.82) is 0 Å². The van der Waals surface area contributed by atoms with Crippen LogP contribution in [0, 0.1) is 25.4 Å². The van der Waals surface area contributed by atoms with Gasteiger partial charge in [-0.25, -0.2) is 0 Å². The average molecular weight is 246 g/mol. The number of nitrogens with zero attached hydrogens (tertiary/aromatic N) is 4. The van der Waals surface area contributed by atoms with Crippen LogP contribution in [0.25, 0.3) is 0 Å². The zero-order valence-corrected chi connectivity index (χ0v) is 8.12. The van der Waals surface area contributed by atoms with Gasteiger partial charge in [-0.2, -0.15) is 0 Å². The Labute approximate surface area is 92.1 Å². The monoisotopic (exact) mass is 246 g/mol. The number of hydrogen-bond donors (Lipinski definition) is 1. The van der Waals surface area contributed by atoms with Gasteiger partial charge in [0.1, 0.15) is 0 Å². The predicted molar refractivity (Wildman–Crippen MR) is 45.6 cm³/mol. The van der Waals surface area contributed by atoms with E-state index in [1.165, 1.54) is 0 Å². The molecule has 3 unspecified atom stereocenters. The van der Waals surface area contributed by atoms with Crippen molar-refractivity contribution >= 4 is 0 Å². The number of aromatic nitrogens is 2. The van der Waals surface area contributed by atoms with E-state index in [0.717, 1.165) is 0 Å². The molecule has 1 aliphatic carbocycles. The fraction of sp³-hybridized carbons (Fsp3) is 0.667. The van der Waals surface area contributed by atoms with Gasteiger partial charge in [-0.05, 0) is 4.90 Å². The molecular formula is C6H6N4O7. The van der Waals surface area contributed by atoms with E-state index in [-0.39, 0.29) is 10.6 Å². The summed E-state index contributed by atoms with van der Waals surface area (Å²) in [7, 11) is 0. The Bertz CT molecular complexity index is 485. The Morgan fingerprint density at radius 1 is 1.41 bits per heavy atom. The Morgan fingerprint density at radius 2 is 2.06 bits per heavy atom. The first-order valence-corrected chi connectivity index (χ1v) is 4.48. The van der Waals surface area contributed by atoms with Crippen LogP contribution in [0.1, 0.15) is 30.0 Å². The Morgan fingerprint density at radius 3 is 2.59 bits per heavy atom. The van der Waals surface area contributed by atoms with Crippen molar-refractivity contribution < 1.29 is 24.5 Å². The van der Waals surface area contributed by atoms with E-state index in [1.54, 1.807) is 0 Å². The second-order valence-electron chi connectivity index (χ2n) is 3.53. The van der Waals surface area contributed by atoms with Gasteiger partial charge in [-0.1, -0.05) is 0 Å². The summed E-state index contributed by atoms with van der Waals surface area (Å²) in [5, 5.41) is 45.2. The minimum absolute atomic E-state index is 0.244. The van der Waals surface area contributed by atoms with E-state index in [2.05, 4.69) is 9.79 Å². The number of aliphatic hydroxyl groups excluding tert-OH is 1. The lowest BCUT2D eigenvalue weighted by Crippen LogP contribution is -2.42. The zero-order chi connectivity index (χ0) is 12.7. The molecule has 0 bridgehead atoms. The van der Waals surface area contributed by atoms with E-state index in [0.29, 0.717) is 0 Å². The lowest BCUT2D eigenvalue weighted by atomic mass is 9.90. The standard InChI is InChI=1S/C6H6N4O7/c11-6-3(9(14)15)1-2(8(12)13)4-5(6)10(16)17-7-4/h2-3,6,11H,1H2. The molecule has 2 rings (SSSR count). The van der Waals surface area contributed by atoms with E-state index >= 15 is 0 Å². The third kappa shape index (κ3) is 1.56. The predicted octanol–water partition coefficient (Wildman–Crippen LogP) is -1.29. The molecule has 0 saturated heterocycles. The fourth-order valence-electron chi connectivity index (χ4n) is 1.80. The van der Waals surface area contributed by atoms with Crippen molar-refractivity contribution in [2.45, 2.75) is 24.6 Å². The van der Waals surface area contributed by atoms with Crippen LogP contribution in [0.5, 0.6) is 0 Å². The summed E-state index contributed by atoms with van der Waals surface area (Å²) in [4.78, 5) is 19.4. The summed E-state index contributed by atoms with van der Waals surface area (Å²) in [5.74, 6) is 0. The van der Waals surface area contributed by atoms with Crippen LogP contribution in [0.4, 0.5) is 0 Å². The van der Waals surface area contributed by atoms with E-state index < -0.39 is 40.1 Å². The SMILES string of the molecule is O=[N+]([O-])C1CC([N+](=O)[O-])C(O)c2c1no[n+]2[O-]. The first kappa shape index (κ1) is 11.2. The number of hydrogen-bond acceptors (Lipinski definition) is 8. The van der Waals surface area contributed by atoms with Crippen molar-refractivity contribution in [3.05, 3.63) is 36.8 Å². The average Bonchev–Trinajstić information content (AvgIpc) is 2.61. The normalized spacial score (nSPS) is 27.5. The molecule has 17 heavy (non-hydrogen) atoms. The molecule has 1 aliphatic rings. The maximum atomic E-state index is 11.1. The third-order valence-corrected chi connectivity index (χ3v) is 2.62. The highest BCUT2D eigenvalue weighted by molar-refractivity contribution is 5.16. The van der Waals surface area contributed by atoms with Gasteiger partial charge < -0.3 is 10.3 Å². The third-order valence-electron chi connectivity index (χ3n) is 2.62. The summed E-state index contributed by atoms with van der Waals surface area (Å²) >= 11 is 0. The van der Waals surface area contributed by atoms with Crippen LogP contribution in [0.3, 0.4) is 0 Å². The second-order valence-corrected chi connectivity index (χ2v) is 3.53. The van der Waals surface area contributed by atoms with Crippen LogP contribution in [-0.4, -0.2) is 26.2 Å². The van der Waals surface area contributed by atoms with Crippen LogP contribution in [-0.2, 0) is 0 Å². The highest BCUT2D eigenvalue weighted by Crippen LogP contribution is 2.36. The Kier molecular flexibility index (Phi) is 2.38. The molecule has 92 valence electrons. The molecule has 1 aromatic heterocycles. The number of fused-ring (bicyclic) bond motifs is 1. The minimum Gasteiger partial charge on any atom is -0.378 e. The molecule has 1 aromatic rings. The maximum Gasteiger partial charge on any atom is 0.297 e. The first-order valence-electron chi connectivity index (χ1n) is 4.48. The van der Waals surface area contributed by atoms with Crippen molar-refractivity contribution in [1.82, 2.24) is 5.16 Å². The van der Waals surface area contributed by atoms with Gasteiger partial charge in [0.15, 0.2) is 6.10 Å². The highest BCUT2D eigenvalue weighted by Gasteiger charge is 2.54. The lowest BCUT2D eigenvalue weighted by molar-refractivity contribution is -0.812. The topological polar surface area (TPSA) is 159 Å². The molecular weight excluding hydrogens is 240 g/mol. The summed E-state index contributed by atoms with van der Waals surface area (Å²) in [6, 6.07) is -3.15. The molecule has 0 aromatic carbocycles. The summed E-state index contributed by atoms with van der Waals surface area (Å²) < 4.78 is 4.12. The molecule has 0 saturated carbocycles. The van der Waals surface area contributed by atoms with Crippen LogP contribution < -0.4 is 4.90 Å². The zero-order valence-electron chi connectivity index (χ0n) is 8.12. The van der Waals surface area contributed by atoms with Gasteiger partial charge >= 0.3 is 0 Å². The summed E-state index contributed by atoms with van der Waals surface area (Å²) in [6.07, 6.45) is -2.30. The maximum absolute atomic E-state index is 11.1. The molecule has 3 atom stereocenters. The molecule has 0 amide bonds. The van der Waals surface area contributed by atoms with E-state index in [9.17, 15) is 30.5 Å². The van der Waals surface area contributed by atoms with Crippen molar-refractivity contribution in [3.63, 3.8) is 0 Å². The molecule has 0 spiro atoms. The largest absolute Gasteiger partial charge is 0.378 e. The lowest BCUT2D eigenvalue weighted by Gasteiger charge is -2.19. The van der Waals surface area contributed by atoms with Crippen LogP contribution in [0.2, 0.25) is 0 Å². The summed E-state index contributed by atoms with van der Waals surface area (Å²) in [5.41, 5.74) is -0.935. The van der Waals surface area contributed by atoms with Gasteiger partial charge in [0.2, 0.25) is 5.69 Å². The number of rotatable bonds is 2. The molecule has 11 nitrogen and oxygen atoms in total. The van der Waals surface area contributed by atoms with Crippen molar-refractivity contribution in [2.75, 3.05) is 0 Å². The highest BCUT2D eigenvalue weighted by atomic mass is 16.8. The Balaban J connectivity index is 2.52. The quantitative estimate of drug-likeness (QED) is 0.383. The molecule has 0 aliphatic heterocycles. The number of aliphatic hydroxyl groups is 1. The van der Waals surface area contributed by atoms with Crippen molar-refractivity contribution in [3.8, 4) is 0 Å². The van der Waals surface area contributed by atoms with Crippen LogP contribution >= 0.6 is 0 Å². The number of nitro groups is 2. The molecule has 0 fully saturated rings. The second kappa shape index (κ2) is 3.62. The van der Waals surface area contributed by atoms with Gasteiger partial charge in [0.05, 0.1) is 6.42 Å². The van der Waals surface area contributed by atoms with Crippen molar-refractivity contribution in [2.24, 2.45) is 0 Å². The first-order chi connectivity index (χ1) is 7.93. The smallest absolute Gasteiger partial charge is 0.297 e. The Hall–Kier alpha value is -2.30. The molecule has 0 radical (unpaired) electrons. The molecule has 1 N–H and O–H groups in total.